The van der Waals surface area contributed by atoms with E-state index >= 15 is 0 Å². The topological polar surface area (TPSA) is 55.8 Å². The molecular formula is C22H22ClF2NO4. The van der Waals surface area contributed by atoms with E-state index in [1.54, 1.807) is 27.1 Å². The van der Waals surface area contributed by atoms with E-state index in [0.29, 0.717) is 5.56 Å². The summed E-state index contributed by atoms with van der Waals surface area (Å²) in [6, 6.07) is 6.81. The van der Waals surface area contributed by atoms with Crippen LogP contribution >= 0.6 is 11.6 Å². The first-order valence-electron chi connectivity index (χ1n) is 9.08. The molecule has 8 heteroatoms. The van der Waals surface area contributed by atoms with Crippen molar-refractivity contribution in [2.75, 3.05) is 27.8 Å². The van der Waals surface area contributed by atoms with Gasteiger partial charge in [0, 0.05) is 32.8 Å². The van der Waals surface area contributed by atoms with Crippen molar-refractivity contribution in [3.63, 3.8) is 0 Å². The second-order valence-corrected chi connectivity index (χ2v) is 7.00. The molecule has 0 aliphatic carbocycles. The number of ether oxygens (including phenoxy) is 2. The Labute approximate surface area is 178 Å². The van der Waals surface area contributed by atoms with Crippen LogP contribution in [0.4, 0.5) is 8.78 Å². The number of Topliss-reactive ketones (excluding diaryl/α,β-unsaturated/α-hetero) is 1. The fraction of sp³-hybridized carbons (Fsp3) is 0.273. The Hall–Kier alpha value is -2.93. The smallest absolute Gasteiger partial charge is 0.343 e. The summed E-state index contributed by atoms with van der Waals surface area (Å²) < 4.78 is 39.2. The van der Waals surface area contributed by atoms with E-state index < -0.39 is 23.4 Å². The van der Waals surface area contributed by atoms with Crippen molar-refractivity contribution >= 4 is 23.4 Å². The molecule has 0 saturated carbocycles. The summed E-state index contributed by atoms with van der Waals surface area (Å²) in [6.07, 6.45) is 1.27. The molecule has 0 spiro atoms. The molecule has 0 aliphatic heterocycles. The number of benzene rings is 2. The Morgan fingerprint density at radius 1 is 1.17 bits per heavy atom. The Morgan fingerprint density at radius 2 is 1.87 bits per heavy atom. The van der Waals surface area contributed by atoms with Crippen LogP contribution in [-0.4, -0.2) is 44.5 Å². The maximum absolute atomic E-state index is 14.7. The number of halogens is 3. The predicted octanol–water partition coefficient (Wildman–Crippen LogP) is 4.41. The number of nitrogens with zero attached hydrogens (tertiary/aromatic N) is 1. The molecule has 30 heavy (non-hydrogen) atoms. The van der Waals surface area contributed by atoms with Gasteiger partial charge in [-0.1, -0.05) is 23.7 Å². The minimum Gasteiger partial charge on any atom is -0.496 e. The third-order valence-corrected chi connectivity index (χ3v) is 4.45. The molecule has 0 N–H and O–H groups in total. The van der Waals surface area contributed by atoms with Gasteiger partial charge in [0.15, 0.2) is 0 Å². The van der Waals surface area contributed by atoms with Crippen LogP contribution in [0.3, 0.4) is 0 Å². The average molecular weight is 438 g/mol. The lowest BCUT2D eigenvalue weighted by Gasteiger charge is -2.14. The van der Waals surface area contributed by atoms with Gasteiger partial charge in [0.2, 0.25) is 5.78 Å². The van der Waals surface area contributed by atoms with Crippen molar-refractivity contribution in [2.24, 2.45) is 0 Å². The molecule has 0 saturated heterocycles. The van der Waals surface area contributed by atoms with Gasteiger partial charge < -0.3 is 14.4 Å². The van der Waals surface area contributed by atoms with E-state index in [4.69, 9.17) is 21.1 Å². The zero-order valence-corrected chi connectivity index (χ0v) is 17.8. The maximum atomic E-state index is 14.7. The molecule has 0 radical (unpaired) electrons. The van der Waals surface area contributed by atoms with Crippen LogP contribution in [0.5, 0.6) is 5.75 Å². The normalized spacial score (nSPS) is 11.2. The number of carbonyl (C=O) groups is 2. The third kappa shape index (κ3) is 5.36. The molecule has 0 aromatic heterocycles. The summed E-state index contributed by atoms with van der Waals surface area (Å²) in [6.45, 7) is 1.66. The molecule has 2 aromatic carbocycles. The number of esters is 1. The average Bonchev–Trinajstić information content (AvgIpc) is 2.70. The highest BCUT2D eigenvalue weighted by atomic mass is 35.5. The van der Waals surface area contributed by atoms with E-state index in [1.807, 2.05) is 0 Å². The van der Waals surface area contributed by atoms with Crippen LogP contribution in [0.1, 0.15) is 28.4 Å². The lowest BCUT2D eigenvalue weighted by Crippen LogP contribution is -2.20. The summed E-state index contributed by atoms with van der Waals surface area (Å²) in [5, 5.41) is -0.0524. The molecule has 0 atom stereocenters. The largest absolute Gasteiger partial charge is 0.496 e. The van der Waals surface area contributed by atoms with Crippen molar-refractivity contribution in [3.8, 4) is 5.75 Å². The summed E-state index contributed by atoms with van der Waals surface area (Å²) in [5.41, 5.74) is -0.0723. The number of carbonyl (C=O) groups excluding carboxylic acids is 2. The molecule has 0 fully saturated rings. The number of ketones is 1. The van der Waals surface area contributed by atoms with Crippen molar-refractivity contribution in [3.05, 3.63) is 75.5 Å². The minimum absolute atomic E-state index is 0.00224. The highest BCUT2D eigenvalue weighted by molar-refractivity contribution is 6.30. The van der Waals surface area contributed by atoms with E-state index in [0.717, 1.165) is 6.07 Å². The van der Waals surface area contributed by atoms with Crippen LogP contribution in [0.25, 0.3) is 0 Å². The molecule has 0 amide bonds. The number of rotatable bonds is 8. The molecule has 0 bridgehead atoms. The van der Waals surface area contributed by atoms with Gasteiger partial charge in [-0.05, 0) is 30.2 Å². The van der Waals surface area contributed by atoms with Crippen LogP contribution in [0.2, 0.25) is 5.02 Å². The van der Waals surface area contributed by atoms with Crippen molar-refractivity contribution < 1.29 is 27.8 Å². The van der Waals surface area contributed by atoms with Crippen LogP contribution in [0, 0.1) is 11.6 Å². The second-order valence-electron chi connectivity index (χ2n) is 6.59. The van der Waals surface area contributed by atoms with Gasteiger partial charge in [-0.2, -0.15) is 0 Å². The van der Waals surface area contributed by atoms with E-state index in [-0.39, 0.29) is 40.5 Å². The van der Waals surface area contributed by atoms with Gasteiger partial charge in [0.25, 0.3) is 0 Å². The Balaban J connectivity index is 2.55. The Morgan fingerprint density at radius 3 is 2.47 bits per heavy atom. The molecule has 0 unspecified atom stereocenters. The van der Waals surface area contributed by atoms with Gasteiger partial charge in [-0.25, -0.2) is 13.6 Å². The fourth-order valence-corrected chi connectivity index (χ4v) is 3.00. The minimum atomic E-state index is -0.874. The molecule has 5 nitrogen and oxygen atoms in total. The Kier molecular flexibility index (Phi) is 7.94. The van der Waals surface area contributed by atoms with Crippen molar-refractivity contribution in [1.82, 2.24) is 4.90 Å². The van der Waals surface area contributed by atoms with E-state index in [1.165, 1.54) is 36.4 Å². The molecule has 2 rings (SSSR count). The molecule has 0 heterocycles. The van der Waals surface area contributed by atoms with Gasteiger partial charge in [0.05, 0.1) is 24.3 Å². The van der Waals surface area contributed by atoms with Gasteiger partial charge in [-0.3, -0.25) is 4.79 Å². The summed E-state index contributed by atoms with van der Waals surface area (Å²) in [5.74, 6) is -3.07. The first-order valence-corrected chi connectivity index (χ1v) is 9.46. The maximum Gasteiger partial charge on any atom is 0.343 e. The first kappa shape index (κ1) is 23.3. The highest BCUT2D eigenvalue weighted by Crippen LogP contribution is 2.29. The van der Waals surface area contributed by atoms with Crippen molar-refractivity contribution in [1.29, 1.82) is 0 Å². The first-order chi connectivity index (χ1) is 14.2. The van der Waals surface area contributed by atoms with Gasteiger partial charge in [-0.15, -0.1) is 0 Å². The van der Waals surface area contributed by atoms with Gasteiger partial charge in [0.1, 0.15) is 23.0 Å². The summed E-state index contributed by atoms with van der Waals surface area (Å²) in [7, 11) is 4.57. The van der Waals surface area contributed by atoms with E-state index in [2.05, 4.69) is 0 Å². The number of methoxy groups -OCH3 is 1. The molecule has 2 aromatic rings. The molecular weight excluding hydrogens is 416 g/mol. The lowest BCUT2D eigenvalue weighted by molar-refractivity contribution is -0.138. The number of hydrogen-bond acceptors (Lipinski definition) is 5. The predicted molar refractivity (Wildman–Crippen MR) is 110 cm³/mol. The molecule has 160 valence electrons. The molecule has 0 aliphatic rings. The van der Waals surface area contributed by atoms with Crippen LogP contribution in [-0.2, 0) is 16.0 Å². The SMILES string of the molecule is CCOC(=O)/C(=C/N(C)C)C(=O)c1cc(Cc2cccc(Cl)c2F)c(OC)cc1F. The zero-order chi connectivity index (χ0) is 22.4. The monoisotopic (exact) mass is 437 g/mol. The quantitative estimate of drug-likeness (QED) is 0.201. The highest BCUT2D eigenvalue weighted by Gasteiger charge is 2.26. The zero-order valence-electron chi connectivity index (χ0n) is 17.1. The lowest BCUT2D eigenvalue weighted by atomic mass is 9.96. The summed E-state index contributed by atoms with van der Waals surface area (Å²) >= 11 is 5.83. The standard InChI is InChI=1S/C22H22ClF2NO4/c1-5-30-22(28)16(12-26(2)3)21(27)15-10-14(19(29-4)11-18(15)24)9-13-7-6-8-17(23)20(13)25/h6-8,10-12H,5,9H2,1-4H3/b16-12+. The van der Waals surface area contributed by atoms with Crippen LogP contribution < -0.4 is 4.74 Å². The third-order valence-electron chi connectivity index (χ3n) is 4.15. The summed E-state index contributed by atoms with van der Waals surface area (Å²) in [4.78, 5) is 26.7. The second kappa shape index (κ2) is 10.2. The van der Waals surface area contributed by atoms with Gasteiger partial charge >= 0.3 is 5.97 Å². The van der Waals surface area contributed by atoms with Crippen LogP contribution in [0.15, 0.2) is 42.1 Å². The Bertz CT molecular complexity index is 989. The van der Waals surface area contributed by atoms with Crippen molar-refractivity contribution in [2.45, 2.75) is 13.3 Å². The number of hydrogen-bond donors (Lipinski definition) is 0. The van der Waals surface area contributed by atoms with E-state index in [9.17, 15) is 18.4 Å². The fourth-order valence-electron chi connectivity index (χ4n) is 2.81.